The Morgan fingerprint density at radius 2 is 2.08 bits per heavy atom. The molecule has 1 aliphatic rings. The number of nitrogens with zero attached hydrogens (tertiary/aromatic N) is 2. The summed E-state index contributed by atoms with van der Waals surface area (Å²) < 4.78 is 0. The number of imide groups is 1. The van der Waals surface area contributed by atoms with Gasteiger partial charge in [-0.15, -0.1) is 0 Å². The SMILES string of the molecule is CC1C(=O)N(C)C(=O)N1CCC=O. The second-order valence-electron chi connectivity index (χ2n) is 3.00. The number of likely N-dealkylation sites (N-methyl/N-ethyl adjacent to an activating group) is 1. The quantitative estimate of drug-likeness (QED) is 0.453. The fraction of sp³-hybridized carbons (Fsp3) is 0.625. The van der Waals surface area contributed by atoms with Crippen LogP contribution in [0.15, 0.2) is 0 Å². The fourth-order valence-electron chi connectivity index (χ4n) is 1.35. The second kappa shape index (κ2) is 3.55. The molecule has 1 aliphatic heterocycles. The largest absolute Gasteiger partial charge is 0.327 e. The third-order valence-electron chi connectivity index (χ3n) is 2.18. The first-order valence-electron chi connectivity index (χ1n) is 4.11. The molecule has 0 aromatic carbocycles. The van der Waals surface area contributed by atoms with Gasteiger partial charge in [0.2, 0.25) is 0 Å². The molecule has 0 aromatic heterocycles. The maximum absolute atomic E-state index is 11.3. The van der Waals surface area contributed by atoms with Crippen LogP contribution in [0, 0.1) is 0 Å². The van der Waals surface area contributed by atoms with Crippen molar-refractivity contribution < 1.29 is 14.4 Å². The smallest absolute Gasteiger partial charge is 0.312 e. The van der Waals surface area contributed by atoms with Gasteiger partial charge in [-0.05, 0) is 6.92 Å². The van der Waals surface area contributed by atoms with Crippen LogP contribution in [0.1, 0.15) is 13.3 Å². The first-order valence-corrected chi connectivity index (χ1v) is 4.11. The van der Waals surface area contributed by atoms with Crippen molar-refractivity contribution in [1.82, 2.24) is 9.80 Å². The van der Waals surface area contributed by atoms with E-state index in [1.54, 1.807) is 6.92 Å². The standard InChI is InChI=1S/C8H12N2O3/c1-6-7(12)9(2)8(13)10(6)4-3-5-11/h5-6H,3-4H2,1-2H3. The van der Waals surface area contributed by atoms with Crippen molar-refractivity contribution in [2.24, 2.45) is 0 Å². The van der Waals surface area contributed by atoms with Crippen molar-refractivity contribution in [2.75, 3.05) is 13.6 Å². The Bertz CT molecular complexity index is 252. The molecule has 0 radical (unpaired) electrons. The third-order valence-corrected chi connectivity index (χ3v) is 2.18. The van der Waals surface area contributed by atoms with E-state index in [4.69, 9.17) is 0 Å². The molecule has 0 bridgehead atoms. The van der Waals surface area contributed by atoms with Gasteiger partial charge in [-0.25, -0.2) is 4.79 Å². The summed E-state index contributed by atoms with van der Waals surface area (Å²) in [7, 11) is 1.45. The van der Waals surface area contributed by atoms with Crippen molar-refractivity contribution in [2.45, 2.75) is 19.4 Å². The van der Waals surface area contributed by atoms with Gasteiger partial charge in [-0.2, -0.15) is 0 Å². The maximum Gasteiger partial charge on any atom is 0.327 e. The molecular weight excluding hydrogens is 172 g/mol. The van der Waals surface area contributed by atoms with E-state index in [1.165, 1.54) is 11.9 Å². The summed E-state index contributed by atoms with van der Waals surface area (Å²) in [5.74, 6) is -0.212. The Morgan fingerprint density at radius 1 is 1.46 bits per heavy atom. The Morgan fingerprint density at radius 3 is 2.46 bits per heavy atom. The summed E-state index contributed by atoms with van der Waals surface area (Å²) in [6, 6.07) is -0.753. The van der Waals surface area contributed by atoms with Gasteiger partial charge in [-0.3, -0.25) is 9.69 Å². The van der Waals surface area contributed by atoms with Crippen molar-refractivity contribution in [3.05, 3.63) is 0 Å². The topological polar surface area (TPSA) is 57.7 Å². The summed E-state index contributed by atoms with van der Waals surface area (Å²) in [5, 5.41) is 0. The van der Waals surface area contributed by atoms with E-state index in [0.717, 1.165) is 11.2 Å². The number of hydrogen-bond donors (Lipinski definition) is 0. The Hall–Kier alpha value is -1.39. The van der Waals surface area contributed by atoms with Crippen molar-refractivity contribution >= 4 is 18.2 Å². The van der Waals surface area contributed by atoms with E-state index in [9.17, 15) is 14.4 Å². The van der Waals surface area contributed by atoms with Crippen molar-refractivity contribution in [3.8, 4) is 0 Å². The van der Waals surface area contributed by atoms with Gasteiger partial charge >= 0.3 is 6.03 Å². The zero-order valence-electron chi connectivity index (χ0n) is 7.69. The number of amides is 3. The van der Waals surface area contributed by atoms with Gasteiger partial charge in [0.15, 0.2) is 0 Å². The average molecular weight is 184 g/mol. The van der Waals surface area contributed by atoms with Crippen LogP contribution in [0.3, 0.4) is 0 Å². The molecule has 5 nitrogen and oxygen atoms in total. The van der Waals surface area contributed by atoms with Gasteiger partial charge < -0.3 is 9.69 Å². The van der Waals surface area contributed by atoms with Gasteiger partial charge in [-0.1, -0.05) is 0 Å². The summed E-state index contributed by atoms with van der Waals surface area (Å²) in [4.78, 5) is 35.2. The fourth-order valence-corrected chi connectivity index (χ4v) is 1.35. The van der Waals surface area contributed by atoms with Crippen LogP contribution < -0.4 is 0 Å². The van der Waals surface area contributed by atoms with Crippen LogP contribution >= 0.6 is 0 Å². The first-order chi connectivity index (χ1) is 6.09. The molecule has 1 unspecified atom stereocenters. The zero-order valence-corrected chi connectivity index (χ0v) is 7.69. The summed E-state index contributed by atoms with van der Waals surface area (Å²) >= 11 is 0. The molecule has 1 saturated heterocycles. The lowest BCUT2D eigenvalue weighted by molar-refractivity contribution is -0.127. The average Bonchev–Trinajstić information content (AvgIpc) is 2.30. The van der Waals surface area contributed by atoms with Crippen LogP contribution in [0.25, 0.3) is 0 Å². The molecule has 0 N–H and O–H groups in total. The molecule has 1 fully saturated rings. The monoisotopic (exact) mass is 184 g/mol. The molecule has 72 valence electrons. The van der Waals surface area contributed by atoms with Gasteiger partial charge in [0.05, 0.1) is 0 Å². The highest BCUT2D eigenvalue weighted by molar-refractivity contribution is 6.03. The number of carbonyl (C=O) groups is 3. The molecule has 0 aromatic rings. The number of aldehydes is 1. The van der Waals surface area contributed by atoms with E-state index in [2.05, 4.69) is 0 Å². The minimum Gasteiger partial charge on any atom is -0.312 e. The van der Waals surface area contributed by atoms with Crippen LogP contribution in [-0.2, 0) is 9.59 Å². The Kier molecular flexibility index (Phi) is 2.65. The molecular formula is C8H12N2O3. The number of hydrogen-bond acceptors (Lipinski definition) is 3. The minimum atomic E-state index is -0.433. The Labute approximate surface area is 76.3 Å². The van der Waals surface area contributed by atoms with Gasteiger partial charge in [0, 0.05) is 20.0 Å². The lowest BCUT2D eigenvalue weighted by Gasteiger charge is -2.16. The first kappa shape index (κ1) is 9.70. The number of urea groups is 1. The van der Waals surface area contributed by atoms with Crippen molar-refractivity contribution in [1.29, 1.82) is 0 Å². The molecule has 0 aliphatic carbocycles. The third kappa shape index (κ3) is 1.54. The van der Waals surface area contributed by atoms with E-state index in [-0.39, 0.29) is 18.4 Å². The van der Waals surface area contributed by atoms with Crippen LogP contribution in [0.5, 0.6) is 0 Å². The maximum atomic E-state index is 11.3. The molecule has 3 amide bonds. The van der Waals surface area contributed by atoms with E-state index in [0.29, 0.717) is 6.54 Å². The predicted octanol–water partition coefficient (Wildman–Crippen LogP) is -0.142. The lowest BCUT2D eigenvalue weighted by Crippen LogP contribution is -2.34. The molecule has 13 heavy (non-hydrogen) atoms. The van der Waals surface area contributed by atoms with Gasteiger partial charge in [0.25, 0.3) is 5.91 Å². The van der Waals surface area contributed by atoms with Crippen LogP contribution in [0.4, 0.5) is 4.79 Å². The summed E-state index contributed by atoms with van der Waals surface area (Å²) in [6.07, 6.45) is 1.01. The van der Waals surface area contributed by atoms with E-state index in [1.807, 2.05) is 0 Å². The van der Waals surface area contributed by atoms with E-state index >= 15 is 0 Å². The van der Waals surface area contributed by atoms with Crippen LogP contribution in [0.2, 0.25) is 0 Å². The van der Waals surface area contributed by atoms with Crippen molar-refractivity contribution in [3.63, 3.8) is 0 Å². The molecule has 1 heterocycles. The highest BCUT2D eigenvalue weighted by Gasteiger charge is 2.39. The van der Waals surface area contributed by atoms with Crippen LogP contribution in [-0.4, -0.2) is 47.7 Å². The van der Waals surface area contributed by atoms with Gasteiger partial charge in [0.1, 0.15) is 12.3 Å². The molecule has 1 atom stereocenters. The minimum absolute atomic E-state index is 0.212. The number of carbonyl (C=O) groups excluding carboxylic acids is 3. The van der Waals surface area contributed by atoms with E-state index < -0.39 is 6.04 Å². The lowest BCUT2D eigenvalue weighted by atomic mass is 10.3. The second-order valence-corrected chi connectivity index (χ2v) is 3.00. The summed E-state index contributed by atoms with van der Waals surface area (Å²) in [6.45, 7) is 1.98. The normalized spacial score (nSPS) is 22.8. The zero-order chi connectivity index (χ0) is 10.0. The molecule has 5 heteroatoms. The predicted molar refractivity (Wildman–Crippen MR) is 45.0 cm³/mol. The highest BCUT2D eigenvalue weighted by atomic mass is 16.2. The summed E-state index contributed by atoms with van der Waals surface area (Å²) in [5.41, 5.74) is 0. The molecule has 0 saturated carbocycles. The number of rotatable bonds is 3. The molecule has 1 rings (SSSR count). The highest BCUT2D eigenvalue weighted by Crippen LogP contribution is 2.15. The molecule has 0 spiro atoms. The Balaban J connectivity index is 2.69.